The van der Waals surface area contributed by atoms with E-state index in [1.807, 2.05) is 30.3 Å². The fourth-order valence-corrected chi connectivity index (χ4v) is 3.68. The predicted molar refractivity (Wildman–Crippen MR) is 98.9 cm³/mol. The van der Waals surface area contributed by atoms with Gasteiger partial charge in [0.05, 0.1) is 23.9 Å². The van der Waals surface area contributed by atoms with Gasteiger partial charge in [0.15, 0.2) is 5.69 Å². The second kappa shape index (κ2) is 7.36. The zero-order valence-electron chi connectivity index (χ0n) is 15.5. The van der Waals surface area contributed by atoms with Gasteiger partial charge in [0.25, 0.3) is 5.91 Å². The summed E-state index contributed by atoms with van der Waals surface area (Å²) in [6, 6.07) is 13.7. The molecule has 0 bridgehead atoms. The van der Waals surface area contributed by atoms with Crippen molar-refractivity contribution >= 4 is 5.91 Å². The van der Waals surface area contributed by atoms with Gasteiger partial charge in [0.1, 0.15) is 0 Å². The molecule has 8 heteroatoms. The number of H-pyrrole nitrogens is 1. The first-order valence-corrected chi connectivity index (χ1v) is 8.98. The van der Waals surface area contributed by atoms with Gasteiger partial charge in [-0.3, -0.25) is 9.89 Å². The average molecular weight is 401 g/mol. The Bertz CT molecular complexity index is 1030. The zero-order chi connectivity index (χ0) is 20.6. The number of fused-ring (bicyclic) bond motifs is 1. The highest BCUT2D eigenvalue weighted by atomic mass is 19.4. The minimum atomic E-state index is -4.47. The van der Waals surface area contributed by atoms with Crippen LogP contribution < -0.4 is 0 Å². The fourth-order valence-electron chi connectivity index (χ4n) is 3.68. The van der Waals surface area contributed by atoms with Gasteiger partial charge < -0.3 is 9.64 Å². The SMILES string of the molecule is COCc1[nH]nc2c1C(c1cccc(C(F)(F)F)c1)N(Cc1ccccc1)C2=O. The molecule has 1 amide bonds. The summed E-state index contributed by atoms with van der Waals surface area (Å²) in [6.45, 7) is 0.424. The van der Waals surface area contributed by atoms with E-state index in [1.54, 1.807) is 11.0 Å². The van der Waals surface area contributed by atoms with Crippen LogP contribution in [0.5, 0.6) is 0 Å². The van der Waals surface area contributed by atoms with E-state index in [2.05, 4.69) is 10.2 Å². The maximum absolute atomic E-state index is 13.3. The topological polar surface area (TPSA) is 58.2 Å². The first-order chi connectivity index (χ1) is 13.9. The molecule has 0 radical (unpaired) electrons. The van der Waals surface area contributed by atoms with Gasteiger partial charge in [-0.25, -0.2) is 0 Å². The highest BCUT2D eigenvalue weighted by Gasteiger charge is 2.43. The minimum Gasteiger partial charge on any atom is -0.378 e. The Hall–Kier alpha value is -3.13. The summed E-state index contributed by atoms with van der Waals surface area (Å²) in [5.41, 5.74) is 1.85. The van der Waals surface area contributed by atoms with Crippen LogP contribution in [0, 0.1) is 0 Å². The molecule has 4 rings (SSSR count). The quantitative estimate of drug-likeness (QED) is 0.693. The molecule has 0 saturated heterocycles. The number of aromatic amines is 1. The number of carbonyl (C=O) groups excluding carboxylic acids is 1. The number of methoxy groups -OCH3 is 1. The molecule has 0 saturated carbocycles. The number of halogens is 3. The molecule has 1 aliphatic heterocycles. The third-order valence-corrected chi connectivity index (χ3v) is 4.95. The van der Waals surface area contributed by atoms with Crippen LogP contribution in [0.4, 0.5) is 13.2 Å². The molecule has 0 aliphatic carbocycles. The van der Waals surface area contributed by atoms with Gasteiger partial charge in [0.2, 0.25) is 0 Å². The number of nitrogens with one attached hydrogen (secondary N) is 1. The molecule has 0 spiro atoms. The number of nitrogens with zero attached hydrogens (tertiary/aromatic N) is 2. The normalized spacial score (nSPS) is 16.3. The number of amides is 1. The number of benzene rings is 2. The largest absolute Gasteiger partial charge is 0.416 e. The van der Waals surface area contributed by atoms with Gasteiger partial charge in [-0.15, -0.1) is 0 Å². The first kappa shape index (κ1) is 19.2. The molecule has 2 aromatic carbocycles. The summed E-state index contributed by atoms with van der Waals surface area (Å²) in [5.74, 6) is -0.329. The van der Waals surface area contributed by atoms with Gasteiger partial charge in [0, 0.05) is 19.2 Å². The number of hydrogen-bond donors (Lipinski definition) is 1. The number of ether oxygens (including phenoxy) is 1. The number of aromatic nitrogens is 2. The zero-order valence-corrected chi connectivity index (χ0v) is 15.5. The molecule has 0 fully saturated rings. The Labute approximate surface area is 165 Å². The summed E-state index contributed by atoms with van der Waals surface area (Å²) in [5, 5.41) is 6.91. The summed E-state index contributed by atoms with van der Waals surface area (Å²) in [6.07, 6.45) is -4.47. The standard InChI is InChI=1S/C21H18F3N3O2/c1-29-12-16-17-18(26-25-16)20(28)27(11-13-6-3-2-4-7-13)19(17)14-8-5-9-15(10-14)21(22,23)24/h2-10,19H,11-12H2,1H3,(H,25,26). The van der Waals surface area contributed by atoms with Crippen LogP contribution in [0.1, 0.15) is 44.5 Å². The van der Waals surface area contributed by atoms with E-state index in [1.165, 1.54) is 13.2 Å². The maximum atomic E-state index is 13.3. The van der Waals surface area contributed by atoms with Gasteiger partial charge in [-0.05, 0) is 23.3 Å². The van der Waals surface area contributed by atoms with Crippen molar-refractivity contribution < 1.29 is 22.7 Å². The molecule has 2 heterocycles. The van der Waals surface area contributed by atoms with Crippen molar-refractivity contribution in [2.24, 2.45) is 0 Å². The first-order valence-electron chi connectivity index (χ1n) is 8.98. The van der Waals surface area contributed by atoms with Crippen molar-refractivity contribution in [2.75, 3.05) is 7.11 Å². The van der Waals surface area contributed by atoms with Crippen molar-refractivity contribution in [3.05, 3.63) is 88.2 Å². The van der Waals surface area contributed by atoms with E-state index in [-0.39, 0.29) is 24.8 Å². The van der Waals surface area contributed by atoms with Gasteiger partial charge in [-0.1, -0.05) is 42.5 Å². The Morgan fingerprint density at radius 2 is 1.90 bits per heavy atom. The van der Waals surface area contributed by atoms with E-state index in [0.29, 0.717) is 16.8 Å². The molecule has 1 aliphatic rings. The van der Waals surface area contributed by atoms with Crippen LogP contribution in [0.2, 0.25) is 0 Å². The predicted octanol–water partition coefficient (Wildman–Crippen LogP) is 4.32. The molecule has 29 heavy (non-hydrogen) atoms. The Morgan fingerprint density at radius 3 is 2.59 bits per heavy atom. The lowest BCUT2D eigenvalue weighted by Gasteiger charge is -2.27. The molecule has 3 aromatic rings. The number of alkyl halides is 3. The molecule has 1 unspecified atom stereocenters. The fraction of sp³-hybridized carbons (Fsp3) is 0.238. The molecule has 1 N–H and O–H groups in total. The summed E-state index contributed by atoms with van der Waals surface area (Å²) < 4.78 is 45.1. The molecular formula is C21H18F3N3O2. The lowest BCUT2D eigenvalue weighted by atomic mass is 9.97. The van der Waals surface area contributed by atoms with E-state index in [4.69, 9.17) is 4.74 Å². The maximum Gasteiger partial charge on any atom is 0.416 e. The van der Waals surface area contributed by atoms with Gasteiger partial charge >= 0.3 is 6.18 Å². The van der Waals surface area contributed by atoms with Crippen molar-refractivity contribution in [1.29, 1.82) is 0 Å². The third-order valence-electron chi connectivity index (χ3n) is 4.95. The summed E-state index contributed by atoms with van der Waals surface area (Å²) in [4.78, 5) is 14.6. The van der Waals surface area contributed by atoms with E-state index >= 15 is 0 Å². The van der Waals surface area contributed by atoms with Crippen LogP contribution in [-0.4, -0.2) is 28.1 Å². The highest BCUT2D eigenvalue weighted by molar-refractivity contribution is 5.98. The highest BCUT2D eigenvalue weighted by Crippen LogP contribution is 2.42. The minimum absolute atomic E-state index is 0.171. The van der Waals surface area contributed by atoms with Crippen LogP contribution in [-0.2, 0) is 24.1 Å². The van der Waals surface area contributed by atoms with Crippen molar-refractivity contribution in [3.63, 3.8) is 0 Å². The van der Waals surface area contributed by atoms with E-state index in [9.17, 15) is 18.0 Å². The molecule has 1 aromatic heterocycles. The molecular weight excluding hydrogens is 383 g/mol. The summed E-state index contributed by atoms with van der Waals surface area (Å²) in [7, 11) is 1.50. The second-order valence-corrected chi connectivity index (χ2v) is 6.84. The van der Waals surface area contributed by atoms with E-state index in [0.717, 1.165) is 17.7 Å². The number of rotatable bonds is 5. The van der Waals surface area contributed by atoms with Crippen LogP contribution >= 0.6 is 0 Å². The van der Waals surface area contributed by atoms with Crippen molar-refractivity contribution in [1.82, 2.24) is 15.1 Å². The Balaban J connectivity index is 1.82. The average Bonchev–Trinajstić information content (AvgIpc) is 3.22. The monoisotopic (exact) mass is 401 g/mol. The second-order valence-electron chi connectivity index (χ2n) is 6.84. The Kier molecular flexibility index (Phi) is 4.87. The van der Waals surface area contributed by atoms with Gasteiger partial charge in [-0.2, -0.15) is 18.3 Å². The van der Waals surface area contributed by atoms with Crippen LogP contribution in [0.15, 0.2) is 54.6 Å². The molecule has 5 nitrogen and oxygen atoms in total. The Morgan fingerprint density at radius 1 is 1.14 bits per heavy atom. The van der Waals surface area contributed by atoms with Crippen molar-refractivity contribution in [2.45, 2.75) is 25.4 Å². The van der Waals surface area contributed by atoms with E-state index < -0.39 is 17.8 Å². The lowest BCUT2D eigenvalue weighted by Crippen LogP contribution is -2.29. The smallest absolute Gasteiger partial charge is 0.378 e. The number of hydrogen-bond acceptors (Lipinski definition) is 3. The van der Waals surface area contributed by atoms with Crippen molar-refractivity contribution in [3.8, 4) is 0 Å². The molecule has 150 valence electrons. The van der Waals surface area contributed by atoms with Crippen LogP contribution in [0.3, 0.4) is 0 Å². The van der Waals surface area contributed by atoms with Crippen LogP contribution in [0.25, 0.3) is 0 Å². The summed E-state index contributed by atoms with van der Waals surface area (Å²) >= 11 is 0. The third kappa shape index (κ3) is 3.51. The molecule has 1 atom stereocenters. The lowest BCUT2D eigenvalue weighted by molar-refractivity contribution is -0.137. The number of carbonyl (C=O) groups is 1.